The highest BCUT2D eigenvalue weighted by molar-refractivity contribution is 7.80. The average molecular weight is 268 g/mol. The molecule has 1 heterocycles. The molecule has 19 heavy (non-hydrogen) atoms. The van der Waals surface area contributed by atoms with Crippen LogP contribution in [-0.4, -0.2) is 9.97 Å². The maximum absolute atomic E-state index is 5.81. The third-order valence-corrected chi connectivity index (χ3v) is 3.05. The van der Waals surface area contributed by atoms with Gasteiger partial charge in [0.15, 0.2) is 0 Å². The van der Waals surface area contributed by atoms with Crippen LogP contribution in [0, 0.1) is 0 Å². The van der Waals surface area contributed by atoms with Gasteiger partial charge < -0.3 is 11.1 Å². The van der Waals surface area contributed by atoms with Crippen molar-refractivity contribution in [1.82, 2.24) is 9.97 Å². The first-order valence-corrected chi connectivity index (χ1v) is 6.23. The van der Waals surface area contributed by atoms with E-state index >= 15 is 0 Å². The highest BCUT2D eigenvalue weighted by Crippen LogP contribution is 2.25. The maximum Gasteiger partial charge on any atom is 0.141 e. The van der Waals surface area contributed by atoms with Crippen LogP contribution in [-0.2, 0) is 0 Å². The second-order valence-electron chi connectivity index (χ2n) is 4.17. The number of rotatable bonds is 2. The number of nitrogens with one attached hydrogen (secondary N) is 1. The van der Waals surface area contributed by atoms with Crippen LogP contribution >= 0.6 is 12.6 Å². The fourth-order valence-electron chi connectivity index (χ4n) is 1.89. The zero-order valence-electron chi connectivity index (χ0n) is 10.0. The number of nitrogen functional groups attached to an aromatic ring is 1. The second-order valence-corrected chi connectivity index (χ2v) is 4.69. The van der Waals surface area contributed by atoms with Gasteiger partial charge in [-0.1, -0.05) is 6.07 Å². The van der Waals surface area contributed by atoms with Crippen molar-refractivity contribution >= 4 is 40.7 Å². The molecule has 2 aromatic carbocycles. The molecule has 3 aromatic rings. The first kappa shape index (κ1) is 11.8. The van der Waals surface area contributed by atoms with Crippen molar-refractivity contribution in [3.8, 4) is 0 Å². The van der Waals surface area contributed by atoms with Crippen molar-refractivity contribution in [3.05, 3.63) is 48.8 Å². The van der Waals surface area contributed by atoms with E-state index in [1.807, 2.05) is 42.5 Å². The zero-order chi connectivity index (χ0) is 13.2. The van der Waals surface area contributed by atoms with Crippen LogP contribution in [0.2, 0.25) is 0 Å². The summed E-state index contributed by atoms with van der Waals surface area (Å²) < 4.78 is 0. The third kappa shape index (κ3) is 2.46. The molecule has 1 aromatic heterocycles. The average Bonchev–Trinajstić information content (AvgIpc) is 2.39. The summed E-state index contributed by atoms with van der Waals surface area (Å²) in [4.78, 5) is 9.38. The monoisotopic (exact) mass is 268 g/mol. The standard InChI is InChI=1S/C14H12N4S/c15-9-4-5-13-12(6-9)14(17-8-16-13)18-10-2-1-3-11(19)7-10/h1-8,19H,15H2,(H,16,17,18). The van der Waals surface area contributed by atoms with Crippen molar-refractivity contribution in [1.29, 1.82) is 0 Å². The molecule has 0 atom stereocenters. The molecule has 0 unspecified atom stereocenters. The molecule has 5 heteroatoms. The maximum atomic E-state index is 5.81. The van der Waals surface area contributed by atoms with Crippen LogP contribution in [0.25, 0.3) is 10.9 Å². The molecule has 0 saturated heterocycles. The number of fused-ring (bicyclic) bond motifs is 1. The first-order chi connectivity index (χ1) is 9.22. The molecule has 4 nitrogen and oxygen atoms in total. The summed E-state index contributed by atoms with van der Waals surface area (Å²) in [7, 11) is 0. The van der Waals surface area contributed by atoms with Gasteiger partial charge in [-0.25, -0.2) is 9.97 Å². The van der Waals surface area contributed by atoms with Crippen molar-refractivity contribution in [2.75, 3.05) is 11.1 Å². The van der Waals surface area contributed by atoms with Gasteiger partial charge in [0.2, 0.25) is 0 Å². The Morgan fingerprint density at radius 3 is 2.79 bits per heavy atom. The highest BCUT2D eigenvalue weighted by Gasteiger charge is 2.04. The van der Waals surface area contributed by atoms with Gasteiger partial charge in [-0.2, -0.15) is 0 Å². The summed E-state index contributed by atoms with van der Waals surface area (Å²) in [6, 6.07) is 13.3. The second kappa shape index (κ2) is 4.78. The minimum atomic E-state index is 0.688. The van der Waals surface area contributed by atoms with Crippen LogP contribution in [0.15, 0.2) is 53.7 Å². The smallest absolute Gasteiger partial charge is 0.141 e. The first-order valence-electron chi connectivity index (χ1n) is 5.79. The lowest BCUT2D eigenvalue weighted by Crippen LogP contribution is -1.96. The molecular formula is C14H12N4S. The highest BCUT2D eigenvalue weighted by atomic mass is 32.1. The summed E-state index contributed by atoms with van der Waals surface area (Å²) in [5.74, 6) is 0.733. The molecule has 0 aliphatic carbocycles. The van der Waals surface area contributed by atoms with E-state index in [1.165, 1.54) is 6.33 Å². The normalized spacial score (nSPS) is 10.6. The Morgan fingerprint density at radius 2 is 1.95 bits per heavy atom. The van der Waals surface area contributed by atoms with E-state index in [1.54, 1.807) is 0 Å². The molecule has 0 amide bonds. The quantitative estimate of drug-likeness (QED) is 0.493. The molecule has 0 fully saturated rings. The van der Waals surface area contributed by atoms with E-state index in [-0.39, 0.29) is 0 Å². The number of aromatic nitrogens is 2. The molecule has 0 spiro atoms. The van der Waals surface area contributed by atoms with E-state index in [9.17, 15) is 0 Å². The van der Waals surface area contributed by atoms with Crippen LogP contribution in [0.5, 0.6) is 0 Å². The Balaban J connectivity index is 2.07. The van der Waals surface area contributed by atoms with Crippen LogP contribution in [0.1, 0.15) is 0 Å². The number of hydrogen-bond acceptors (Lipinski definition) is 5. The molecule has 3 rings (SSSR count). The Bertz CT molecular complexity index is 742. The topological polar surface area (TPSA) is 63.8 Å². The summed E-state index contributed by atoms with van der Waals surface area (Å²) in [6.07, 6.45) is 1.53. The van der Waals surface area contributed by atoms with Crippen LogP contribution in [0.4, 0.5) is 17.2 Å². The molecule has 0 aliphatic heterocycles. The number of anilines is 3. The summed E-state index contributed by atoms with van der Waals surface area (Å²) in [5, 5.41) is 4.15. The minimum absolute atomic E-state index is 0.688. The van der Waals surface area contributed by atoms with Crippen molar-refractivity contribution < 1.29 is 0 Å². The molecule has 0 saturated carbocycles. The molecule has 3 N–H and O–H groups in total. The van der Waals surface area contributed by atoms with E-state index < -0.39 is 0 Å². The number of thiol groups is 1. The number of hydrogen-bond donors (Lipinski definition) is 3. The molecular weight excluding hydrogens is 256 g/mol. The molecule has 0 bridgehead atoms. The van der Waals surface area contributed by atoms with Crippen molar-refractivity contribution in [2.45, 2.75) is 4.90 Å². The minimum Gasteiger partial charge on any atom is -0.399 e. The van der Waals surface area contributed by atoms with Crippen LogP contribution in [0.3, 0.4) is 0 Å². The molecule has 0 radical (unpaired) electrons. The Labute approximate surface area is 116 Å². The van der Waals surface area contributed by atoms with Gasteiger partial charge in [-0.15, -0.1) is 12.6 Å². The summed E-state index contributed by atoms with van der Waals surface area (Å²) in [6.45, 7) is 0. The Hall–Kier alpha value is -2.27. The van der Waals surface area contributed by atoms with Gasteiger partial charge >= 0.3 is 0 Å². The van der Waals surface area contributed by atoms with Gasteiger partial charge in [-0.3, -0.25) is 0 Å². The predicted molar refractivity (Wildman–Crippen MR) is 80.9 cm³/mol. The van der Waals surface area contributed by atoms with Gasteiger partial charge in [-0.05, 0) is 36.4 Å². The summed E-state index contributed by atoms with van der Waals surface area (Å²) in [5.41, 5.74) is 8.28. The number of nitrogens with zero attached hydrogens (tertiary/aromatic N) is 2. The van der Waals surface area contributed by atoms with Gasteiger partial charge in [0, 0.05) is 21.7 Å². The molecule has 0 aliphatic rings. The van der Waals surface area contributed by atoms with Gasteiger partial charge in [0.1, 0.15) is 12.1 Å². The fourth-order valence-corrected chi connectivity index (χ4v) is 2.12. The van der Waals surface area contributed by atoms with Crippen molar-refractivity contribution in [2.24, 2.45) is 0 Å². The van der Waals surface area contributed by atoms with E-state index in [2.05, 4.69) is 27.9 Å². The lowest BCUT2D eigenvalue weighted by atomic mass is 10.2. The lowest BCUT2D eigenvalue weighted by Gasteiger charge is -2.09. The largest absolute Gasteiger partial charge is 0.399 e. The fraction of sp³-hybridized carbons (Fsp3) is 0. The Kier molecular flexibility index (Phi) is 2.97. The predicted octanol–water partition coefficient (Wildman–Crippen LogP) is 3.24. The van der Waals surface area contributed by atoms with Gasteiger partial charge in [0.25, 0.3) is 0 Å². The SMILES string of the molecule is Nc1ccc2ncnc(Nc3cccc(S)c3)c2c1. The van der Waals surface area contributed by atoms with Crippen molar-refractivity contribution in [3.63, 3.8) is 0 Å². The number of benzene rings is 2. The van der Waals surface area contributed by atoms with E-state index in [4.69, 9.17) is 5.73 Å². The molecule has 94 valence electrons. The van der Waals surface area contributed by atoms with E-state index in [0.717, 1.165) is 27.3 Å². The Morgan fingerprint density at radius 1 is 1.05 bits per heavy atom. The third-order valence-electron chi connectivity index (χ3n) is 2.77. The summed E-state index contributed by atoms with van der Waals surface area (Å²) >= 11 is 4.32. The van der Waals surface area contributed by atoms with E-state index in [0.29, 0.717) is 5.69 Å². The van der Waals surface area contributed by atoms with Crippen LogP contribution < -0.4 is 11.1 Å². The lowest BCUT2D eigenvalue weighted by molar-refractivity contribution is 1.22. The van der Waals surface area contributed by atoms with Gasteiger partial charge in [0.05, 0.1) is 5.52 Å². The number of nitrogens with two attached hydrogens (primary N) is 1. The zero-order valence-corrected chi connectivity index (χ0v) is 10.9.